The maximum absolute atomic E-state index is 10.9. The zero-order valence-electron chi connectivity index (χ0n) is 9.04. The SMILES string of the molecule is COC(=O)C(N)COc1ncc(OC)cn1. The summed E-state index contributed by atoms with van der Waals surface area (Å²) in [6.07, 6.45) is 2.90. The quantitative estimate of drug-likeness (QED) is 0.668. The lowest BCUT2D eigenvalue weighted by Crippen LogP contribution is -2.37. The van der Waals surface area contributed by atoms with Crippen LogP contribution in [0.25, 0.3) is 0 Å². The first-order valence-electron chi connectivity index (χ1n) is 4.49. The van der Waals surface area contributed by atoms with Crippen molar-refractivity contribution in [2.75, 3.05) is 20.8 Å². The molecule has 0 saturated heterocycles. The standard InChI is InChI=1S/C9H13N3O4/c1-14-6-3-11-9(12-4-6)16-5-7(10)8(13)15-2/h3-4,7H,5,10H2,1-2H3. The topological polar surface area (TPSA) is 96.6 Å². The second kappa shape index (κ2) is 5.86. The molecule has 2 N–H and O–H groups in total. The summed E-state index contributed by atoms with van der Waals surface area (Å²) in [6.45, 7) is -0.0427. The summed E-state index contributed by atoms with van der Waals surface area (Å²) < 4.78 is 14.4. The molecule has 1 unspecified atom stereocenters. The highest BCUT2D eigenvalue weighted by atomic mass is 16.5. The van der Waals surface area contributed by atoms with E-state index in [4.69, 9.17) is 15.2 Å². The summed E-state index contributed by atoms with van der Waals surface area (Å²) in [5, 5.41) is 0. The number of rotatable bonds is 5. The average molecular weight is 227 g/mol. The number of nitrogens with zero attached hydrogens (tertiary/aromatic N) is 2. The summed E-state index contributed by atoms with van der Waals surface area (Å²) in [7, 11) is 2.76. The predicted molar refractivity (Wildman–Crippen MR) is 54.1 cm³/mol. The highest BCUT2D eigenvalue weighted by Crippen LogP contribution is 2.08. The molecule has 1 aromatic rings. The first kappa shape index (κ1) is 12.2. The Morgan fingerprint density at radius 3 is 2.56 bits per heavy atom. The van der Waals surface area contributed by atoms with Crippen LogP contribution >= 0.6 is 0 Å². The second-order valence-corrected chi connectivity index (χ2v) is 2.85. The monoisotopic (exact) mass is 227 g/mol. The van der Waals surface area contributed by atoms with Gasteiger partial charge in [0.05, 0.1) is 26.6 Å². The number of carbonyl (C=O) groups excluding carboxylic acids is 1. The smallest absolute Gasteiger partial charge is 0.326 e. The molecule has 0 saturated carbocycles. The number of hydrogen-bond acceptors (Lipinski definition) is 7. The first-order chi connectivity index (χ1) is 7.67. The molecule has 0 radical (unpaired) electrons. The number of ether oxygens (including phenoxy) is 3. The molecule has 1 atom stereocenters. The Labute approximate surface area is 92.5 Å². The third-order valence-corrected chi connectivity index (χ3v) is 1.74. The Morgan fingerprint density at radius 1 is 1.44 bits per heavy atom. The van der Waals surface area contributed by atoms with Crippen LogP contribution in [0.3, 0.4) is 0 Å². The Morgan fingerprint density at radius 2 is 2.06 bits per heavy atom. The Balaban J connectivity index is 2.45. The van der Waals surface area contributed by atoms with Crippen LogP contribution in [-0.4, -0.2) is 42.8 Å². The van der Waals surface area contributed by atoms with Crippen molar-refractivity contribution < 1.29 is 19.0 Å². The van der Waals surface area contributed by atoms with Crippen molar-refractivity contribution in [3.63, 3.8) is 0 Å². The van der Waals surface area contributed by atoms with Crippen LogP contribution in [0.5, 0.6) is 11.8 Å². The number of carbonyl (C=O) groups is 1. The Kier molecular flexibility index (Phi) is 4.46. The van der Waals surface area contributed by atoms with E-state index in [1.807, 2.05) is 0 Å². The van der Waals surface area contributed by atoms with Crippen molar-refractivity contribution in [1.29, 1.82) is 0 Å². The molecule has 88 valence electrons. The van der Waals surface area contributed by atoms with Crippen LogP contribution in [-0.2, 0) is 9.53 Å². The molecule has 0 amide bonds. The molecular formula is C9H13N3O4. The molecule has 0 aliphatic carbocycles. The molecule has 0 bridgehead atoms. The van der Waals surface area contributed by atoms with Gasteiger partial charge in [-0.25, -0.2) is 0 Å². The van der Waals surface area contributed by atoms with Crippen LogP contribution in [0.2, 0.25) is 0 Å². The van der Waals surface area contributed by atoms with E-state index < -0.39 is 12.0 Å². The lowest BCUT2D eigenvalue weighted by atomic mass is 10.3. The molecule has 0 spiro atoms. The first-order valence-corrected chi connectivity index (χ1v) is 4.49. The molecule has 0 aliphatic rings. The zero-order chi connectivity index (χ0) is 12.0. The van der Waals surface area contributed by atoms with Gasteiger partial charge in [-0.3, -0.25) is 4.79 Å². The number of hydrogen-bond donors (Lipinski definition) is 1. The van der Waals surface area contributed by atoms with Crippen molar-refractivity contribution in [1.82, 2.24) is 9.97 Å². The van der Waals surface area contributed by atoms with Gasteiger partial charge < -0.3 is 19.9 Å². The van der Waals surface area contributed by atoms with Crippen molar-refractivity contribution in [2.45, 2.75) is 6.04 Å². The zero-order valence-corrected chi connectivity index (χ0v) is 9.04. The summed E-state index contributed by atoms with van der Waals surface area (Å²) in [5.41, 5.74) is 5.45. The summed E-state index contributed by atoms with van der Waals surface area (Å²) in [4.78, 5) is 18.6. The normalized spacial score (nSPS) is 11.7. The molecule has 7 nitrogen and oxygen atoms in total. The van der Waals surface area contributed by atoms with E-state index in [-0.39, 0.29) is 12.6 Å². The van der Waals surface area contributed by atoms with Crippen LogP contribution < -0.4 is 15.2 Å². The third kappa shape index (κ3) is 3.35. The molecule has 16 heavy (non-hydrogen) atoms. The van der Waals surface area contributed by atoms with Crippen molar-refractivity contribution in [3.8, 4) is 11.8 Å². The molecule has 1 rings (SSSR count). The van der Waals surface area contributed by atoms with Gasteiger partial charge in [0.1, 0.15) is 12.6 Å². The minimum Gasteiger partial charge on any atom is -0.494 e. The van der Waals surface area contributed by atoms with E-state index in [9.17, 15) is 4.79 Å². The van der Waals surface area contributed by atoms with E-state index in [1.54, 1.807) is 0 Å². The molecular weight excluding hydrogens is 214 g/mol. The van der Waals surface area contributed by atoms with Crippen LogP contribution in [0, 0.1) is 0 Å². The van der Waals surface area contributed by atoms with Gasteiger partial charge in [0.2, 0.25) is 0 Å². The van der Waals surface area contributed by atoms with Crippen molar-refractivity contribution in [2.24, 2.45) is 5.73 Å². The molecule has 7 heteroatoms. The Bertz CT molecular complexity index is 341. The lowest BCUT2D eigenvalue weighted by molar-refractivity contribution is -0.142. The molecule has 1 heterocycles. The van der Waals surface area contributed by atoms with Gasteiger partial charge in [-0.05, 0) is 0 Å². The van der Waals surface area contributed by atoms with Crippen LogP contribution in [0.1, 0.15) is 0 Å². The predicted octanol–water partition coefficient (Wildman–Crippen LogP) is -0.636. The fraction of sp³-hybridized carbons (Fsp3) is 0.444. The maximum atomic E-state index is 10.9. The van der Waals surface area contributed by atoms with E-state index >= 15 is 0 Å². The van der Waals surface area contributed by atoms with Gasteiger partial charge >= 0.3 is 12.0 Å². The van der Waals surface area contributed by atoms with E-state index in [0.29, 0.717) is 5.75 Å². The van der Waals surface area contributed by atoms with Gasteiger partial charge in [0.25, 0.3) is 0 Å². The third-order valence-electron chi connectivity index (χ3n) is 1.74. The van der Waals surface area contributed by atoms with Gasteiger partial charge in [0.15, 0.2) is 5.75 Å². The lowest BCUT2D eigenvalue weighted by Gasteiger charge is -2.09. The summed E-state index contributed by atoms with van der Waals surface area (Å²) in [5.74, 6) is -0.0295. The van der Waals surface area contributed by atoms with Crippen molar-refractivity contribution >= 4 is 5.97 Å². The minimum absolute atomic E-state index is 0.0427. The van der Waals surface area contributed by atoms with Gasteiger partial charge in [0, 0.05) is 0 Å². The largest absolute Gasteiger partial charge is 0.494 e. The second-order valence-electron chi connectivity index (χ2n) is 2.85. The molecule has 0 fully saturated rings. The van der Waals surface area contributed by atoms with E-state index in [2.05, 4.69) is 14.7 Å². The van der Waals surface area contributed by atoms with Crippen molar-refractivity contribution in [3.05, 3.63) is 12.4 Å². The van der Waals surface area contributed by atoms with Gasteiger partial charge in [-0.15, -0.1) is 0 Å². The van der Waals surface area contributed by atoms with Gasteiger partial charge in [-0.2, -0.15) is 9.97 Å². The van der Waals surface area contributed by atoms with E-state index in [0.717, 1.165) is 0 Å². The number of methoxy groups -OCH3 is 2. The summed E-state index contributed by atoms with van der Waals surface area (Å²) in [6, 6.07) is -0.726. The average Bonchev–Trinajstić information content (AvgIpc) is 2.35. The Hall–Kier alpha value is -1.89. The highest BCUT2D eigenvalue weighted by Gasteiger charge is 2.14. The summed E-state index contributed by atoms with van der Waals surface area (Å²) >= 11 is 0. The van der Waals surface area contributed by atoms with E-state index in [1.165, 1.54) is 26.6 Å². The molecule has 1 aromatic heterocycles. The highest BCUT2D eigenvalue weighted by molar-refractivity contribution is 5.75. The van der Waals surface area contributed by atoms with Crippen LogP contribution in [0.15, 0.2) is 12.4 Å². The molecule has 0 aromatic carbocycles. The number of nitrogens with two attached hydrogens (primary N) is 1. The minimum atomic E-state index is -0.851. The number of aromatic nitrogens is 2. The molecule has 0 aliphatic heterocycles. The maximum Gasteiger partial charge on any atom is 0.326 e. The van der Waals surface area contributed by atoms with Crippen LogP contribution in [0.4, 0.5) is 0 Å². The fourth-order valence-corrected chi connectivity index (χ4v) is 0.868. The fourth-order valence-electron chi connectivity index (χ4n) is 0.868. The number of esters is 1. The van der Waals surface area contributed by atoms with Gasteiger partial charge in [-0.1, -0.05) is 0 Å².